The maximum Gasteiger partial charge on any atom is 0.261 e. The molecule has 1 heterocycles. The summed E-state index contributed by atoms with van der Waals surface area (Å²) in [5.74, 6) is -0.163. The highest BCUT2D eigenvalue weighted by Crippen LogP contribution is 2.28. The van der Waals surface area contributed by atoms with E-state index in [2.05, 4.69) is 15.6 Å². The predicted molar refractivity (Wildman–Crippen MR) is 101 cm³/mol. The quantitative estimate of drug-likeness (QED) is 0.709. The fraction of sp³-hybridized carbons (Fsp3) is 0.316. The molecule has 0 saturated carbocycles. The molecule has 1 aromatic carbocycles. The normalized spacial score (nSPS) is 10.3. The SMILES string of the molecule is CCCCC(=O)Nc1cc(NC(=O)c2ccc(C)[nH]c2=O)ccc1OC. The van der Waals surface area contributed by atoms with Crippen LogP contribution >= 0.6 is 0 Å². The first-order valence-electron chi connectivity index (χ1n) is 8.43. The van der Waals surface area contributed by atoms with Crippen LogP contribution in [0.1, 0.15) is 42.2 Å². The molecule has 0 radical (unpaired) electrons. The van der Waals surface area contributed by atoms with E-state index < -0.39 is 11.5 Å². The van der Waals surface area contributed by atoms with Gasteiger partial charge in [-0.3, -0.25) is 14.4 Å². The van der Waals surface area contributed by atoms with Crippen LogP contribution < -0.4 is 20.9 Å². The van der Waals surface area contributed by atoms with Gasteiger partial charge in [-0.25, -0.2) is 0 Å². The van der Waals surface area contributed by atoms with Gasteiger partial charge in [0.1, 0.15) is 11.3 Å². The van der Waals surface area contributed by atoms with Gasteiger partial charge in [0.05, 0.1) is 12.8 Å². The van der Waals surface area contributed by atoms with Gasteiger partial charge in [-0.1, -0.05) is 13.3 Å². The van der Waals surface area contributed by atoms with E-state index in [1.165, 1.54) is 13.2 Å². The lowest BCUT2D eigenvalue weighted by Crippen LogP contribution is -2.23. The molecule has 0 bridgehead atoms. The lowest BCUT2D eigenvalue weighted by molar-refractivity contribution is -0.116. The number of aromatic nitrogens is 1. The molecule has 0 aliphatic carbocycles. The van der Waals surface area contributed by atoms with Gasteiger partial charge in [-0.2, -0.15) is 0 Å². The summed E-state index contributed by atoms with van der Waals surface area (Å²) in [4.78, 5) is 38.8. The van der Waals surface area contributed by atoms with Gasteiger partial charge < -0.3 is 20.4 Å². The summed E-state index contributed by atoms with van der Waals surface area (Å²) >= 11 is 0. The van der Waals surface area contributed by atoms with Gasteiger partial charge in [0.15, 0.2) is 0 Å². The van der Waals surface area contributed by atoms with E-state index in [-0.39, 0.29) is 11.5 Å². The zero-order valence-electron chi connectivity index (χ0n) is 15.1. The number of carbonyl (C=O) groups is 2. The number of carbonyl (C=O) groups excluding carboxylic acids is 2. The molecule has 26 heavy (non-hydrogen) atoms. The topological polar surface area (TPSA) is 100 Å². The van der Waals surface area contributed by atoms with Gasteiger partial charge >= 0.3 is 0 Å². The Labute approximate surface area is 151 Å². The number of H-pyrrole nitrogens is 1. The third kappa shape index (κ3) is 4.95. The molecule has 0 unspecified atom stereocenters. The number of ether oxygens (including phenoxy) is 1. The van der Waals surface area contributed by atoms with Crippen molar-refractivity contribution in [3.05, 3.63) is 51.9 Å². The molecule has 2 rings (SSSR count). The molecular weight excluding hydrogens is 334 g/mol. The maximum atomic E-state index is 12.3. The number of nitrogens with one attached hydrogen (secondary N) is 3. The zero-order chi connectivity index (χ0) is 19.1. The molecule has 0 aliphatic rings. The highest BCUT2D eigenvalue weighted by molar-refractivity contribution is 6.04. The summed E-state index contributed by atoms with van der Waals surface area (Å²) in [6.45, 7) is 3.75. The van der Waals surface area contributed by atoms with Gasteiger partial charge in [0.2, 0.25) is 5.91 Å². The standard InChI is InChI=1S/C19H23N3O4/c1-4-5-6-17(23)22-15-11-13(8-10-16(15)26-3)21-19(25)14-9-7-12(2)20-18(14)24/h7-11H,4-6H2,1-3H3,(H,20,24)(H,21,25)(H,22,23). The number of unbranched alkanes of at least 4 members (excludes halogenated alkanes) is 1. The number of amides is 2. The molecule has 0 fully saturated rings. The maximum absolute atomic E-state index is 12.3. The fourth-order valence-electron chi connectivity index (χ4n) is 2.38. The fourth-order valence-corrected chi connectivity index (χ4v) is 2.38. The number of hydrogen-bond acceptors (Lipinski definition) is 4. The van der Waals surface area contributed by atoms with Crippen molar-refractivity contribution in [2.24, 2.45) is 0 Å². The lowest BCUT2D eigenvalue weighted by atomic mass is 10.2. The van der Waals surface area contributed by atoms with Crippen molar-refractivity contribution < 1.29 is 14.3 Å². The van der Waals surface area contributed by atoms with Crippen LogP contribution in [-0.2, 0) is 4.79 Å². The molecule has 0 spiro atoms. The van der Waals surface area contributed by atoms with Crippen molar-refractivity contribution in [2.75, 3.05) is 17.7 Å². The molecule has 1 aromatic heterocycles. The van der Waals surface area contributed by atoms with E-state index in [9.17, 15) is 14.4 Å². The molecule has 3 N–H and O–H groups in total. The number of anilines is 2. The molecule has 138 valence electrons. The summed E-state index contributed by atoms with van der Waals surface area (Å²) < 4.78 is 5.25. The minimum atomic E-state index is -0.528. The van der Waals surface area contributed by atoms with Gasteiger partial charge in [-0.15, -0.1) is 0 Å². The van der Waals surface area contributed by atoms with E-state index in [1.807, 2.05) is 6.92 Å². The van der Waals surface area contributed by atoms with Gasteiger partial charge in [0.25, 0.3) is 11.5 Å². The molecule has 7 heteroatoms. The predicted octanol–water partition coefficient (Wildman–Crippen LogP) is 3.07. The van der Waals surface area contributed by atoms with Crippen LogP contribution in [0.15, 0.2) is 35.1 Å². The zero-order valence-corrected chi connectivity index (χ0v) is 15.1. The second kappa shape index (κ2) is 8.84. The summed E-state index contributed by atoms with van der Waals surface area (Å²) in [5, 5.41) is 5.45. The Morgan fingerprint density at radius 2 is 1.92 bits per heavy atom. The van der Waals surface area contributed by atoms with Crippen LogP contribution in [-0.4, -0.2) is 23.9 Å². The van der Waals surface area contributed by atoms with Crippen molar-refractivity contribution in [1.29, 1.82) is 0 Å². The minimum Gasteiger partial charge on any atom is -0.495 e. The number of rotatable bonds is 7. The van der Waals surface area contributed by atoms with E-state index in [0.717, 1.165) is 12.8 Å². The molecule has 2 amide bonds. The van der Waals surface area contributed by atoms with Crippen LogP contribution in [0.3, 0.4) is 0 Å². The second-order valence-corrected chi connectivity index (χ2v) is 5.91. The Bertz CT molecular complexity index is 858. The van der Waals surface area contributed by atoms with E-state index in [1.54, 1.807) is 31.2 Å². The molecule has 0 atom stereocenters. The first-order chi connectivity index (χ1) is 12.4. The van der Waals surface area contributed by atoms with Gasteiger partial charge in [-0.05, 0) is 43.7 Å². The van der Waals surface area contributed by atoms with Crippen molar-refractivity contribution in [3.63, 3.8) is 0 Å². The van der Waals surface area contributed by atoms with Crippen molar-refractivity contribution in [1.82, 2.24) is 4.98 Å². The number of methoxy groups -OCH3 is 1. The summed E-state index contributed by atoms with van der Waals surface area (Å²) in [6.07, 6.45) is 2.13. The Hall–Kier alpha value is -3.09. The third-order valence-electron chi connectivity index (χ3n) is 3.79. The lowest BCUT2D eigenvalue weighted by Gasteiger charge is -2.13. The highest BCUT2D eigenvalue weighted by atomic mass is 16.5. The first-order valence-corrected chi connectivity index (χ1v) is 8.43. The Balaban J connectivity index is 2.19. The third-order valence-corrected chi connectivity index (χ3v) is 3.79. The number of hydrogen-bond donors (Lipinski definition) is 3. The van der Waals surface area contributed by atoms with Crippen LogP contribution in [0, 0.1) is 6.92 Å². The van der Waals surface area contributed by atoms with Crippen molar-refractivity contribution in [3.8, 4) is 5.75 Å². The van der Waals surface area contributed by atoms with E-state index in [4.69, 9.17) is 4.74 Å². The number of benzene rings is 1. The molecule has 0 saturated heterocycles. The van der Waals surface area contributed by atoms with E-state index >= 15 is 0 Å². The number of aromatic amines is 1. The monoisotopic (exact) mass is 357 g/mol. The van der Waals surface area contributed by atoms with E-state index in [0.29, 0.717) is 29.2 Å². The molecule has 7 nitrogen and oxygen atoms in total. The smallest absolute Gasteiger partial charge is 0.261 e. The van der Waals surface area contributed by atoms with Crippen LogP contribution in [0.4, 0.5) is 11.4 Å². The Morgan fingerprint density at radius 1 is 1.15 bits per heavy atom. The first kappa shape index (κ1) is 19.2. The van der Waals surface area contributed by atoms with Crippen molar-refractivity contribution >= 4 is 23.2 Å². The number of aryl methyl sites for hydroxylation is 1. The minimum absolute atomic E-state index is 0.0138. The highest BCUT2D eigenvalue weighted by Gasteiger charge is 2.13. The average Bonchev–Trinajstić information content (AvgIpc) is 2.60. The largest absolute Gasteiger partial charge is 0.495 e. The van der Waals surface area contributed by atoms with Crippen LogP contribution in [0.5, 0.6) is 5.75 Å². The Kier molecular flexibility index (Phi) is 6.54. The molecule has 2 aromatic rings. The van der Waals surface area contributed by atoms with Crippen LogP contribution in [0.2, 0.25) is 0 Å². The number of pyridine rings is 1. The molecular formula is C19H23N3O4. The van der Waals surface area contributed by atoms with Crippen molar-refractivity contribution in [2.45, 2.75) is 33.1 Å². The summed E-state index contributed by atoms with van der Waals surface area (Å²) in [7, 11) is 1.50. The Morgan fingerprint density at radius 3 is 2.58 bits per heavy atom. The van der Waals surface area contributed by atoms with Gasteiger partial charge in [0, 0.05) is 17.8 Å². The summed E-state index contributed by atoms with van der Waals surface area (Å²) in [6, 6.07) is 8.01. The average molecular weight is 357 g/mol. The molecule has 0 aliphatic heterocycles. The van der Waals surface area contributed by atoms with Crippen LogP contribution in [0.25, 0.3) is 0 Å². The second-order valence-electron chi connectivity index (χ2n) is 5.91. The summed E-state index contributed by atoms with van der Waals surface area (Å²) in [5.41, 5.74) is 1.14.